The Hall–Kier alpha value is -5.60. The number of benzene rings is 2. The van der Waals surface area contributed by atoms with Crippen molar-refractivity contribution in [1.82, 2.24) is 30.8 Å². The lowest BCUT2D eigenvalue weighted by Crippen LogP contribution is -2.74. The molecule has 1 aliphatic heterocycles. The van der Waals surface area contributed by atoms with Crippen LogP contribution >= 0.6 is 22.9 Å². The van der Waals surface area contributed by atoms with Crippen LogP contribution in [0.3, 0.4) is 0 Å². The molecule has 6 rings (SSSR count). The number of nitrogens with one attached hydrogen (secondary N) is 4. The number of β-amino-alcohol motifs (C(OH)–C–C–N with tert-alkyl or cyclic N) is 1. The zero-order valence-electron chi connectivity index (χ0n) is 39.6. The van der Waals surface area contributed by atoms with Gasteiger partial charge in [0.25, 0.3) is 5.91 Å². The van der Waals surface area contributed by atoms with Crippen LogP contribution in [0.2, 0.25) is 5.02 Å². The summed E-state index contributed by atoms with van der Waals surface area (Å²) in [5.74, 6) is -0.259. The van der Waals surface area contributed by atoms with Crippen LogP contribution in [0, 0.1) is 34.5 Å². The largest absolute Gasteiger partial charge is 0.489 e. The van der Waals surface area contributed by atoms with Crippen molar-refractivity contribution in [3.8, 4) is 22.3 Å². The maximum atomic E-state index is 14.0. The van der Waals surface area contributed by atoms with Gasteiger partial charge >= 0.3 is 0 Å². The number of ether oxygens (including phenoxy) is 2. The molecule has 2 aromatic carbocycles. The summed E-state index contributed by atoms with van der Waals surface area (Å²) in [6.45, 7) is 16.7. The van der Waals surface area contributed by atoms with Crippen molar-refractivity contribution >= 4 is 52.4 Å². The van der Waals surface area contributed by atoms with E-state index in [1.54, 1.807) is 47.9 Å². The van der Waals surface area contributed by atoms with Crippen molar-refractivity contribution in [3.05, 3.63) is 93.7 Å². The fourth-order valence-corrected chi connectivity index (χ4v) is 10.3. The number of halogens is 1. The van der Waals surface area contributed by atoms with E-state index >= 15 is 0 Å². The van der Waals surface area contributed by atoms with Gasteiger partial charge in [0, 0.05) is 61.8 Å². The average Bonchev–Trinajstić information content (AvgIpc) is 3.91. The normalized spacial score (nSPS) is 19.9. The molecule has 0 spiro atoms. The molecule has 5 N–H and O–H groups in total. The van der Waals surface area contributed by atoms with Crippen LogP contribution < -0.4 is 26.0 Å². The zero-order chi connectivity index (χ0) is 48.7. The number of carbonyl (C=O) groups is 4. The SMILES string of the molecule is Cc1ncsc1-c1ccc(CNC(=O)[C@@H]2C[C@@H](O)CN2C(=O)[C@@H](NC(=O)COCCCCCNc2ccc(C(=O)N[C@H]3C(C)(C)[C@H](Oc4ccc(C#N)c(Cl)c4)C3(C)C)cn2)C(C)(C)C)cc1. The molecule has 4 aromatic rings. The van der Waals surface area contributed by atoms with Crippen molar-refractivity contribution < 1.29 is 33.8 Å². The van der Waals surface area contributed by atoms with E-state index in [9.17, 15) is 29.5 Å². The number of aryl methyl sites for hydroxylation is 1. The molecule has 1 aliphatic carbocycles. The molecular weight excluding hydrogens is 892 g/mol. The van der Waals surface area contributed by atoms with Crippen molar-refractivity contribution in [3.63, 3.8) is 0 Å². The third kappa shape index (κ3) is 12.3. The van der Waals surface area contributed by atoms with Gasteiger partial charge in [0.2, 0.25) is 17.7 Å². The number of nitrogens with zero attached hydrogens (tertiary/aromatic N) is 4. The number of hydrogen-bond donors (Lipinski definition) is 5. The predicted molar refractivity (Wildman–Crippen MR) is 258 cm³/mol. The number of hydrogen-bond acceptors (Lipinski definition) is 12. The van der Waals surface area contributed by atoms with Crippen LogP contribution in [0.15, 0.2) is 66.3 Å². The minimum absolute atomic E-state index is 0.0118. The Kier molecular flexibility index (Phi) is 16.4. The molecule has 0 radical (unpaired) electrons. The number of anilines is 1. The minimum atomic E-state index is -0.951. The van der Waals surface area contributed by atoms with Crippen LogP contribution in [-0.4, -0.2) is 100 Å². The fraction of sp³-hybridized carbons (Fsp3) is 0.500. The van der Waals surface area contributed by atoms with Crippen LogP contribution in [0.1, 0.15) is 101 Å². The highest BCUT2D eigenvalue weighted by Crippen LogP contribution is 2.55. The number of pyridine rings is 1. The summed E-state index contributed by atoms with van der Waals surface area (Å²) < 4.78 is 12.0. The Morgan fingerprint density at radius 3 is 2.37 bits per heavy atom. The first-order valence-electron chi connectivity index (χ1n) is 22.7. The van der Waals surface area contributed by atoms with Gasteiger partial charge in [0.15, 0.2) is 0 Å². The molecule has 4 amide bonds. The van der Waals surface area contributed by atoms with Crippen molar-refractivity contribution in [2.45, 2.75) is 118 Å². The lowest BCUT2D eigenvalue weighted by atomic mass is 9.49. The van der Waals surface area contributed by atoms with E-state index in [0.717, 1.165) is 34.5 Å². The van der Waals surface area contributed by atoms with Crippen LogP contribution in [0.5, 0.6) is 5.75 Å². The van der Waals surface area contributed by atoms with Gasteiger partial charge in [-0.1, -0.05) is 84.3 Å². The number of thiazole rings is 1. The van der Waals surface area contributed by atoms with E-state index < -0.39 is 46.2 Å². The number of rotatable bonds is 19. The maximum Gasteiger partial charge on any atom is 0.253 e. The number of carbonyl (C=O) groups excluding carboxylic acids is 4. The molecule has 2 aliphatic rings. The number of nitriles is 1. The Morgan fingerprint density at radius 1 is 1.01 bits per heavy atom. The zero-order valence-corrected chi connectivity index (χ0v) is 41.1. The van der Waals surface area contributed by atoms with Gasteiger partial charge < -0.3 is 40.7 Å². The fourth-order valence-electron chi connectivity index (χ4n) is 9.31. The monoisotopic (exact) mass is 954 g/mol. The van der Waals surface area contributed by atoms with Gasteiger partial charge in [0.1, 0.15) is 42.4 Å². The van der Waals surface area contributed by atoms with Gasteiger partial charge in [0.05, 0.1) is 38.3 Å². The second-order valence-electron chi connectivity index (χ2n) is 19.7. The third-order valence-corrected chi connectivity index (χ3v) is 14.0. The highest BCUT2D eigenvalue weighted by molar-refractivity contribution is 7.13. The van der Waals surface area contributed by atoms with Crippen LogP contribution in [0.4, 0.5) is 5.82 Å². The van der Waals surface area contributed by atoms with Gasteiger partial charge in [-0.3, -0.25) is 19.2 Å². The molecule has 0 unspecified atom stereocenters. The summed E-state index contributed by atoms with van der Waals surface area (Å²) in [4.78, 5) is 65.0. The Bertz CT molecular complexity index is 2410. The molecule has 1 saturated carbocycles. The molecule has 0 bridgehead atoms. The van der Waals surface area contributed by atoms with Crippen molar-refractivity contribution in [1.29, 1.82) is 5.26 Å². The quantitative estimate of drug-likeness (QED) is 0.0602. The van der Waals surface area contributed by atoms with E-state index in [2.05, 4.69) is 65.0 Å². The van der Waals surface area contributed by atoms with E-state index in [0.29, 0.717) is 47.3 Å². The molecule has 17 heteroatoms. The average molecular weight is 956 g/mol. The van der Waals surface area contributed by atoms with E-state index in [-0.39, 0.29) is 50.1 Å². The first-order valence-corrected chi connectivity index (χ1v) is 24.0. The maximum absolute atomic E-state index is 14.0. The molecule has 2 aromatic heterocycles. The summed E-state index contributed by atoms with van der Waals surface area (Å²) in [5.41, 5.74) is 4.06. The highest BCUT2D eigenvalue weighted by atomic mass is 35.5. The molecule has 3 atom stereocenters. The van der Waals surface area contributed by atoms with Gasteiger partial charge in [-0.15, -0.1) is 11.3 Å². The lowest BCUT2D eigenvalue weighted by molar-refractivity contribution is -0.164. The number of aliphatic hydroxyl groups excluding tert-OH is 1. The predicted octanol–water partition coefficient (Wildman–Crippen LogP) is 7.06. The molecule has 15 nitrogen and oxygen atoms in total. The van der Waals surface area contributed by atoms with E-state index in [1.165, 1.54) is 4.90 Å². The summed E-state index contributed by atoms with van der Waals surface area (Å²) >= 11 is 7.80. The van der Waals surface area contributed by atoms with E-state index in [1.807, 2.05) is 57.5 Å². The first-order chi connectivity index (χ1) is 31.7. The van der Waals surface area contributed by atoms with Crippen LogP contribution in [0.25, 0.3) is 10.4 Å². The number of unbranched alkanes of at least 4 members (excludes halogenated alkanes) is 2. The van der Waals surface area contributed by atoms with Gasteiger partial charge in [-0.2, -0.15) is 5.26 Å². The highest BCUT2D eigenvalue weighted by Gasteiger charge is 2.64. The molecular formula is C50H63ClN8O7S. The summed E-state index contributed by atoms with van der Waals surface area (Å²) in [5, 5.41) is 32.3. The van der Waals surface area contributed by atoms with Crippen molar-refractivity contribution in [2.24, 2.45) is 16.2 Å². The van der Waals surface area contributed by atoms with Gasteiger partial charge in [-0.05, 0) is 67.0 Å². The summed E-state index contributed by atoms with van der Waals surface area (Å²) in [6.07, 6.45) is 2.92. The second-order valence-corrected chi connectivity index (χ2v) is 21.0. The number of aromatic nitrogens is 2. The number of aliphatic hydroxyl groups is 1. The van der Waals surface area contributed by atoms with Gasteiger partial charge in [-0.25, -0.2) is 9.97 Å². The summed E-state index contributed by atoms with van der Waals surface area (Å²) in [6, 6.07) is 16.4. The van der Waals surface area contributed by atoms with E-state index in [4.69, 9.17) is 21.1 Å². The molecule has 3 heterocycles. The molecule has 67 heavy (non-hydrogen) atoms. The Morgan fingerprint density at radius 2 is 1.75 bits per heavy atom. The summed E-state index contributed by atoms with van der Waals surface area (Å²) in [7, 11) is 0. The Balaban J connectivity index is 0.878. The molecule has 358 valence electrons. The van der Waals surface area contributed by atoms with Crippen LogP contribution in [-0.2, 0) is 25.7 Å². The smallest absolute Gasteiger partial charge is 0.253 e. The standard InChI is InChI=1S/C50H63ClN8O7S/c1-30-41(67-29-56-30)32-14-12-31(13-15-32)25-55-44(63)38-22-35(60)27-59(38)45(64)42(48(2,3)4)57-40(61)28-65-21-11-9-10-20-53-39-19-17-34(26-54-39)43(62)58-46-49(5,6)47(50(46,7)8)66-36-18-16-33(24-52)37(51)23-36/h12-19,23,26,29,35,38,42,46-47,60H,9-11,20-22,25,27-28H2,1-8H3,(H,53,54)(H,55,63)(H,57,61)(H,58,62)/t35-,38+,42-,46-,47-/m1/s1. The minimum Gasteiger partial charge on any atom is -0.489 e. The molecule has 1 saturated heterocycles. The topological polar surface area (TPSA) is 208 Å². The third-order valence-electron chi connectivity index (χ3n) is 12.7. The Labute approximate surface area is 402 Å². The van der Waals surface area contributed by atoms with Crippen molar-refractivity contribution in [2.75, 3.05) is 31.6 Å². The number of likely N-dealkylation sites (tertiary alicyclic amines) is 1. The molecule has 2 fully saturated rings. The first kappa shape index (κ1) is 50.8. The number of amides is 4. The second kappa shape index (κ2) is 21.6. The lowest BCUT2D eigenvalue weighted by Gasteiger charge is -2.63.